The maximum Gasteiger partial charge on any atom is 0.255 e. The molecule has 2 aromatic heterocycles. The minimum absolute atomic E-state index is 0.177. The highest BCUT2D eigenvalue weighted by Gasteiger charge is 2.37. The van der Waals surface area contributed by atoms with Gasteiger partial charge in [-0.2, -0.15) is 0 Å². The molecule has 0 aromatic carbocycles. The molecule has 4 heterocycles. The third kappa shape index (κ3) is 5.19. The molecule has 0 N–H and O–H groups in total. The first-order valence-electron chi connectivity index (χ1n) is 14.0. The molecule has 2 aliphatic heterocycles. The quantitative estimate of drug-likeness (QED) is 0.467. The van der Waals surface area contributed by atoms with Gasteiger partial charge in [-0.05, 0) is 88.3 Å². The van der Waals surface area contributed by atoms with E-state index in [1.165, 1.54) is 41.0 Å². The number of rotatable bonds is 7. The predicted octanol–water partition coefficient (Wildman–Crippen LogP) is 5.66. The number of ether oxygens (including phenoxy) is 2. The van der Waals surface area contributed by atoms with Gasteiger partial charge in [0.15, 0.2) is 0 Å². The number of methoxy groups -OCH3 is 2. The first-order chi connectivity index (χ1) is 17.8. The summed E-state index contributed by atoms with van der Waals surface area (Å²) in [5.41, 5.74) is 5.28. The lowest BCUT2D eigenvalue weighted by molar-refractivity contribution is -0.0600. The van der Waals surface area contributed by atoms with Crippen LogP contribution in [0.2, 0.25) is 0 Å². The highest BCUT2D eigenvalue weighted by atomic mass is 32.1. The van der Waals surface area contributed by atoms with Gasteiger partial charge in [0.2, 0.25) is 5.88 Å². The zero-order valence-electron chi connectivity index (χ0n) is 23.4. The van der Waals surface area contributed by atoms with E-state index in [0.717, 1.165) is 60.9 Å². The van der Waals surface area contributed by atoms with Gasteiger partial charge in [-0.3, -0.25) is 9.69 Å². The molecule has 1 aliphatic carbocycles. The number of fused-ring (bicyclic) bond motifs is 1. The van der Waals surface area contributed by atoms with Crippen molar-refractivity contribution in [3.63, 3.8) is 0 Å². The first-order valence-corrected chi connectivity index (χ1v) is 14.8. The van der Waals surface area contributed by atoms with Gasteiger partial charge in [0, 0.05) is 53.8 Å². The average molecular weight is 526 g/mol. The Hall–Kier alpha value is -1.96. The van der Waals surface area contributed by atoms with E-state index in [0.29, 0.717) is 30.4 Å². The van der Waals surface area contributed by atoms with Crippen molar-refractivity contribution in [3.8, 4) is 5.88 Å². The van der Waals surface area contributed by atoms with Gasteiger partial charge in [0.05, 0.1) is 25.3 Å². The van der Waals surface area contributed by atoms with Gasteiger partial charge in [-0.25, -0.2) is 4.98 Å². The maximum atomic E-state index is 13.9. The number of likely N-dealkylation sites (tertiary alicyclic amines) is 1. The van der Waals surface area contributed by atoms with E-state index >= 15 is 0 Å². The normalized spacial score (nSPS) is 23.9. The average Bonchev–Trinajstić information content (AvgIpc) is 3.10. The van der Waals surface area contributed by atoms with Crippen LogP contribution >= 0.6 is 11.3 Å². The van der Waals surface area contributed by atoms with E-state index in [2.05, 4.69) is 36.7 Å². The second-order valence-electron chi connectivity index (χ2n) is 11.5. The Bertz CT molecular complexity index is 1130. The fraction of sp³-hybridized carbons (Fsp3) is 0.667. The fourth-order valence-electron chi connectivity index (χ4n) is 6.80. The highest BCUT2D eigenvalue weighted by molar-refractivity contribution is 7.12. The molecular weight excluding hydrogens is 482 g/mol. The number of aryl methyl sites for hydroxylation is 3. The zero-order valence-corrected chi connectivity index (χ0v) is 24.2. The van der Waals surface area contributed by atoms with Crippen LogP contribution in [0, 0.1) is 26.7 Å². The number of hydrogen-bond acceptors (Lipinski definition) is 6. The van der Waals surface area contributed by atoms with Gasteiger partial charge < -0.3 is 14.4 Å². The molecule has 7 heteroatoms. The van der Waals surface area contributed by atoms with Crippen molar-refractivity contribution in [2.45, 2.75) is 90.8 Å². The molecule has 1 amide bonds. The molecule has 3 aliphatic rings. The second-order valence-corrected chi connectivity index (χ2v) is 12.6. The molecule has 1 saturated heterocycles. The Balaban J connectivity index is 1.30. The number of thiophene rings is 1. The maximum absolute atomic E-state index is 13.9. The molecule has 5 rings (SSSR count). The van der Waals surface area contributed by atoms with Crippen molar-refractivity contribution >= 4 is 17.2 Å². The minimum atomic E-state index is 0.177. The summed E-state index contributed by atoms with van der Waals surface area (Å²) < 4.78 is 11.1. The van der Waals surface area contributed by atoms with E-state index in [1.54, 1.807) is 7.11 Å². The van der Waals surface area contributed by atoms with Crippen LogP contribution in [0.15, 0.2) is 6.07 Å². The van der Waals surface area contributed by atoms with Crippen molar-refractivity contribution in [1.29, 1.82) is 0 Å². The summed E-state index contributed by atoms with van der Waals surface area (Å²) in [5.74, 6) is 2.02. The third-order valence-corrected chi connectivity index (χ3v) is 10.7. The molecule has 6 nitrogen and oxygen atoms in total. The third-order valence-electron chi connectivity index (χ3n) is 9.16. The molecule has 0 radical (unpaired) electrons. The van der Waals surface area contributed by atoms with E-state index < -0.39 is 0 Å². The summed E-state index contributed by atoms with van der Waals surface area (Å²) in [5, 5.41) is 0. The number of amides is 1. The lowest BCUT2D eigenvalue weighted by Crippen LogP contribution is -2.56. The first kappa shape index (κ1) is 26.6. The number of carbonyl (C=O) groups excluding carboxylic acids is 1. The van der Waals surface area contributed by atoms with Gasteiger partial charge in [0.1, 0.15) is 0 Å². The molecular formula is C30H43N3O3S. The molecule has 1 atom stereocenters. The molecule has 1 saturated carbocycles. The van der Waals surface area contributed by atoms with Crippen LogP contribution in [0.25, 0.3) is 0 Å². The molecule has 0 bridgehead atoms. The Morgan fingerprint density at radius 1 is 1.14 bits per heavy atom. The highest BCUT2D eigenvalue weighted by Crippen LogP contribution is 2.44. The van der Waals surface area contributed by atoms with Crippen LogP contribution in [-0.2, 0) is 17.7 Å². The number of pyridine rings is 1. The lowest BCUT2D eigenvalue weighted by atomic mass is 9.76. The van der Waals surface area contributed by atoms with Gasteiger partial charge in [0.25, 0.3) is 5.91 Å². The predicted molar refractivity (Wildman–Crippen MR) is 149 cm³/mol. The number of nitrogens with zero attached hydrogens (tertiary/aromatic N) is 3. The molecule has 2 fully saturated rings. The fourth-order valence-corrected chi connectivity index (χ4v) is 8.29. The van der Waals surface area contributed by atoms with Crippen molar-refractivity contribution in [2.75, 3.05) is 33.9 Å². The summed E-state index contributed by atoms with van der Waals surface area (Å²) in [6.45, 7) is 12.2. The second kappa shape index (κ2) is 11.0. The Morgan fingerprint density at radius 2 is 1.86 bits per heavy atom. The SMILES string of the molecule is COc1nc(C)cc(C)c1CN1CCCc2sc([C@H](C)C3CCC(N4CC(OC)C4)CC3)c(C)c2C1=O. The van der Waals surface area contributed by atoms with Crippen LogP contribution in [0.5, 0.6) is 5.88 Å². The molecule has 0 spiro atoms. The van der Waals surface area contributed by atoms with Gasteiger partial charge in [-0.15, -0.1) is 11.3 Å². The van der Waals surface area contributed by atoms with Crippen molar-refractivity contribution in [3.05, 3.63) is 43.8 Å². The largest absolute Gasteiger partial charge is 0.481 e. The minimum Gasteiger partial charge on any atom is -0.481 e. The van der Waals surface area contributed by atoms with Gasteiger partial charge >= 0.3 is 0 Å². The Morgan fingerprint density at radius 3 is 2.54 bits per heavy atom. The van der Waals surface area contributed by atoms with Crippen molar-refractivity contribution in [2.24, 2.45) is 5.92 Å². The smallest absolute Gasteiger partial charge is 0.255 e. The number of hydrogen-bond donors (Lipinski definition) is 0. The van der Waals surface area contributed by atoms with E-state index in [1.807, 2.05) is 30.3 Å². The standard InChI is InChI=1S/C30H43N3O3S/c1-18-14-19(2)31-29(36-6)25(18)17-32-13-7-8-26-27(30(32)34)21(4)28(37-26)20(3)22-9-11-23(12-10-22)33-15-24(16-33)35-5/h14,20,22-24H,7-13,15-17H2,1-6H3/t20-,22?,23?/m1/s1. The topological polar surface area (TPSA) is 54.9 Å². The summed E-state index contributed by atoms with van der Waals surface area (Å²) in [7, 11) is 3.49. The van der Waals surface area contributed by atoms with Crippen LogP contribution in [-0.4, -0.2) is 66.7 Å². The van der Waals surface area contributed by atoms with E-state index in [4.69, 9.17) is 9.47 Å². The summed E-state index contributed by atoms with van der Waals surface area (Å²) in [4.78, 5) is 25.9. The molecule has 2 aromatic rings. The van der Waals surface area contributed by atoms with E-state index in [-0.39, 0.29) is 5.91 Å². The lowest BCUT2D eigenvalue weighted by Gasteiger charge is -2.46. The summed E-state index contributed by atoms with van der Waals surface area (Å²) in [6, 6.07) is 2.80. The van der Waals surface area contributed by atoms with Crippen molar-refractivity contribution in [1.82, 2.24) is 14.8 Å². The zero-order chi connectivity index (χ0) is 26.3. The molecule has 202 valence electrons. The van der Waals surface area contributed by atoms with Crippen LogP contribution in [0.3, 0.4) is 0 Å². The number of carbonyl (C=O) groups is 1. The van der Waals surface area contributed by atoms with Crippen LogP contribution in [0.1, 0.15) is 87.4 Å². The number of aromatic nitrogens is 1. The van der Waals surface area contributed by atoms with Crippen LogP contribution in [0.4, 0.5) is 0 Å². The Labute approximate surface area is 226 Å². The van der Waals surface area contributed by atoms with Crippen molar-refractivity contribution < 1.29 is 14.3 Å². The summed E-state index contributed by atoms with van der Waals surface area (Å²) >= 11 is 1.92. The van der Waals surface area contributed by atoms with Gasteiger partial charge in [-0.1, -0.05) is 6.92 Å². The molecule has 37 heavy (non-hydrogen) atoms. The monoisotopic (exact) mass is 525 g/mol. The summed E-state index contributed by atoms with van der Waals surface area (Å²) in [6.07, 6.45) is 7.55. The molecule has 0 unspecified atom stereocenters. The van der Waals surface area contributed by atoms with E-state index in [9.17, 15) is 4.79 Å². The Kier molecular flexibility index (Phi) is 7.94. The van der Waals surface area contributed by atoms with Crippen LogP contribution < -0.4 is 4.74 Å².